The largest absolute Gasteiger partial charge is 0.504 e. The monoisotopic (exact) mass is 240 g/mol. The summed E-state index contributed by atoms with van der Waals surface area (Å²) in [7, 11) is 1.14. The highest BCUT2D eigenvalue weighted by Crippen LogP contribution is 2.28. The van der Waals surface area contributed by atoms with Crippen molar-refractivity contribution < 1.29 is 23.8 Å². The number of halogens is 1. The minimum absolute atomic E-state index is 0.213. The second-order valence-corrected chi connectivity index (χ2v) is 3.69. The van der Waals surface area contributed by atoms with Crippen molar-refractivity contribution in [1.29, 1.82) is 0 Å². The van der Waals surface area contributed by atoms with Gasteiger partial charge in [-0.2, -0.15) is 0 Å². The van der Waals surface area contributed by atoms with Crippen molar-refractivity contribution in [2.24, 2.45) is 0 Å². The molecule has 0 saturated heterocycles. The van der Waals surface area contributed by atoms with Crippen LogP contribution in [0.25, 0.3) is 0 Å². The third kappa shape index (κ3) is 2.81. The first-order valence-electron chi connectivity index (χ1n) is 5.05. The van der Waals surface area contributed by atoms with Crippen LogP contribution in [0.1, 0.15) is 35.2 Å². The van der Waals surface area contributed by atoms with Gasteiger partial charge >= 0.3 is 5.97 Å². The summed E-state index contributed by atoms with van der Waals surface area (Å²) in [5.74, 6) is -2.69. The van der Waals surface area contributed by atoms with Crippen molar-refractivity contribution >= 4 is 12.3 Å². The Morgan fingerprint density at radius 1 is 1.59 bits per heavy atom. The predicted octanol–water partition coefficient (Wildman–Crippen LogP) is 2.01. The highest BCUT2D eigenvalue weighted by molar-refractivity contribution is 5.92. The lowest BCUT2D eigenvalue weighted by Crippen LogP contribution is -2.05. The molecule has 0 aromatic heterocycles. The van der Waals surface area contributed by atoms with E-state index < -0.39 is 17.5 Å². The van der Waals surface area contributed by atoms with Crippen LogP contribution in [-0.4, -0.2) is 24.5 Å². The van der Waals surface area contributed by atoms with Crippen LogP contribution in [0.3, 0.4) is 0 Å². The summed E-state index contributed by atoms with van der Waals surface area (Å²) in [4.78, 5) is 21.7. The molecular formula is C12H13FO4. The summed E-state index contributed by atoms with van der Waals surface area (Å²) in [6, 6.07) is 2.44. The number of methoxy groups -OCH3 is 1. The maximum absolute atomic E-state index is 13.4. The summed E-state index contributed by atoms with van der Waals surface area (Å²) < 4.78 is 17.8. The summed E-state index contributed by atoms with van der Waals surface area (Å²) in [5, 5.41) is 9.39. The van der Waals surface area contributed by atoms with Crippen molar-refractivity contribution in [1.82, 2.24) is 0 Å². The Kier molecular flexibility index (Phi) is 4.20. The van der Waals surface area contributed by atoms with Crippen LogP contribution in [0.4, 0.5) is 4.39 Å². The fourth-order valence-corrected chi connectivity index (χ4v) is 1.45. The number of hydrogen-bond acceptors (Lipinski definition) is 4. The molecule has 1 atom stereocenters. The summed E-state index contributed by atoms with van der Waals surface area (Å²) >= 11 is 0. The lowest BCUT2D eigenvalue weighted by atomic mass is 9.96. The Morgan fingerprint density at radius 2 is 2.24 bits per heavy atom. The average molecular weight is 240 g/mol. The van der Waals surface area contributed by atoms with Crippen molar-refractivity contribution in [3.63, 3.8) is 0 Å². The van der Waals surface area contributed by atoms with Gasteiger partial charge in [-0.1, -0.05) is 6.92 Å². The van der Waals surface area contributed by atoms with E-state index in [1.165, 1.54) is 6.07 Å². The van der Waals surface area contributed by atoms with Gasteiger partial charge in [-0.25, -0.2) is 9.18 Å². The molecule has 0 amide bonds. The molecule has 0 aliphatic heterocycles. The van der Waals surface area contributed by atoms with Gasteiger partial charge in [0.05, 0.1) is 7.11 Å². The Balaban J connectivity index is 3.23. The first-order chi connectivity index (χ1) is 8.01. The normalized spacial score (nSPS) is 11.9. The number of carbonyl (C=O) groups is 2. The molecule has 1 aromatic carbocycles. The molecule has 1 rings (SSSR count). The van der Waals surface area contributed by atoms with Crippen molar-refractivity contribution in [2.75, 3.05) is 7.11 Å². The SMILES string of the molecule is COC(=O)c1cc(C(C)CC=O)cc(F)c1O. The second kappa shape index (κ2) is 5.43. The number of phenols is 1. The van der Waals surface area contributed by atoms with Gasteiger partial charge in [0.15, 0.2) is 11.6 Å². The molecule has 0 bridgehead atoms. The standard InChI is InChI=1S/C12H13FO4/c1-7(3-4-14)8-5-9(12(16)17-2)11(15)10(13)6-8/h4-7,15H,3H2,1-2H3. The van der Waals surface area contributed by atoms with E-state index in [4.69, 9.17) is 0 Å². The summed E-state index contributed by atoms with van der Waals surface area (Å²) in [5.41, 5.74) is 0.230. The van der Waals surface area contributed by atoms with E-state index in [0.29, 0.717) is 11.8 Å². The highest BCUT2D eigenvalue weighted by atomic mass is 19.1. The van der Waals surface area contributed by atoms with Gasteiger partial charge in [0.2, 0.25) is 0 Å². The number of ether oxygens (including phenoxy) is 1. The van der Waals surface area contributed by atoms with E-state index >= 15 is 0 Å². The predicted molar refractivity (Wildman–Crippen MR) is 58.5 cm³/mol. The zero-order chi connectivity index (χ0) is 13.0. The third-order valence-corrected chi connectivity index (χ3v) is 2.51. The number of aromatic hydroxyl groups is 1. The molecule has 0 spiro atoms. The van der Waals surface area contributed by atoms with Gasteiger partial charge in [0.25, 0.3) is 0 Å². The molecule has 0 fully saturated rings. The van der Waals surface area contributed by atoms with Crippen LogP contribution in [0.5, 0.6) is 5.75 Å². The quantitative estimate of drug-likeness (QED) is 0.646. The summed E-state index contributed by atoms with van der Waals surface area (Å²) in [6.45, 7) is 1.72. The number of esters is 1. The molecular weight excluding hydrogens is 227 g/mol. The number of rotatable bonds is 4. The van der Waals surface area contributed by atoms with E-state index in [1.54, 1.807) is 6.92 Å². The summed E-state index contributed by atoms with van der Waals surface area (Å²) in [6.07, 6.45) is 0.929. The first kappa shape index (κ1) is 13.2. The third-order valence-electron chi connectivity index (χ3n) is 2.51. The van der Waals surface area contributed by atoms with Gasteiger partial charge in [0, 0.05) is 6.42 Å². The minimum Gasteiger partial charge on any atom is -0.504 e. The molecule has 0 heterocycles. The topological polar surface area (TPSA) is 63.6 Å². The van der Waals surface area contributed by atoms with Crippen LogP contribution >= 0.6 is 0 Å². The highest BCUT2D eigenvalue weighted by Gasteiger charge is 2.19. The smallest absolute Gasteiger partial charge is 0.341 e. The van der Waals surface area contributed by atoms with E-state index in [9.17, 15) is 19.1 Å². The fourth-order valence-electron chi connectivity index (χ4n) is 1.45. The zero-order valence-corrected chi connectivity index (χ0v) is 9.57. The second-order valence-electron chi connectivity index (χ2n) is 3.69. The molecule has 1 N–H and O–H groups in total. The first-order valence-corrected chi connectivity index (χ1v) is 5.05. The van der Waals surface area contributed by atoms with E-state index in [2.05, 4.69) is 4.74 Å². The Morgan fingerprint density at radius 3 is 2.76 bits per heavy atom. The minimum atomic E-state index is -0.902. The van der Waals surface area contributed by atoms with Gasteiger partial charge in [-0.15, -0.1) is 0 Å². The van der Waals surface area contributed by atoms with Crippen LogP contribution in [0.2, 0.25) is 0 Å². The molecule has 92 valence electrons. The number of aldehydes is 1. The van der Waals surface area contributed by atoms with E-state index in [0.717, 1.165) is 13.2 Å². The van der Waals surface area contributed by atoms with E-state index in [1.807, 2.05) is 0 Å². The molecule has 0 aliphatic carbocycles. The molecule has 4 nitrogen and oxygen atoms in total. The van der Waals surface area contributed by atoms with E-state index in [-0.39, 0.29) is 17.9 Å². The molecule has 0 aliphatic rings. The molecule has 0 radical (unpaired) electrons. The van der Waals surface area contributed by atoms with Crippen molar-refractivity contribution in [2.45, 2.75) is 19.3 Å². The van der Waals surface area contributed by atoms with Crippen LogP contribution < -0.4 is 0 Å². The molecule has 0 saturated carbocycles. The molecule has 5 heteroatoms. The zero-order valence-electron chi connectivity index (χ0n) is 9.57. The Bertz CT molecular complexity index is 442. The molecule has 1 aromatic rings. The van der Waals surface area contributed by atoms with Crippen molar-refractivity contribution in [3.8, 4) is 5.75 Å². The number of carbonyl (C=O) groups excluding carboxylic acids is 2. The fraction of sp³-hybridized carbons (Fsp3) is 0.333. The van der Waals surface area contributed by atoms with Crippen molar-refractivity contribution in [3.05, 3.63) is 29.1 Å². The average Bonchev–Trinajstić information content (AvgIpc) is 2.31. The van der Waals surface area contributed by atoms with Crippen LogP contribution in [0, 0.1) is 5.82 Å². The van der Waals surface area contributed by atoms with Gasteiger partial charge < -0.3 is 14.6 Å². The van der Waals surface area contributed by atoms with Gasteiger partial charge in [0.1, 0.15) is 11.8 Å². The maximum atomic E-state index is 13.4. The lowest BCUT2D eigenvalue weighted by Gasteiger charge is -2.11. The number of benzene rings is 1. The molecule has 17 heavy (non-hydrogen) atoms. The maximum Gasteiger partial charge on any atom is 0.341 e. The number of phenolic OH excluding ortho intramolecular Hbond substituents is 1. The Hall–Kier alpha value is -1.91. The van der Waals surface area contributed by atoms with Gasteiger partial charge in [-0.05, 0) is 23.6 Å². The Labute approximate surface area is 98.0 Å². The number of hydrogen-bond donors (Lipinski definition) is 1. The lowest BCUT2D eigenvalue weighted by molar-refractivity contribution is -0.108. The van der Waals surface area contributed by atoms with Crippen LogP contribution in [0.15, 0.2) is 12.1 Å². The molecule has 1 unspecified atom stereocenters. The van der Waals surface area contributed by atoms with Gasteiger partial charge in [-0.3, -0.25) is 0 Å². The van der Waals surface area contributed by atoms with Crippen LogP contribution in [-0.2, 0) is 9.53 Å².